The van der Waals surface area contributed by atoms with E-state index in [0.29, 0.717) is 5.92 Å². The molecule has 1 aromatic carbocycles. The number of piperidine rings is 1. The summed E-state index contributed by atoms with van der Waals surface area (Å²) in [5.41, 5.74) is 3.82. The molecule has 0 bridgehead atoms. The van der Waals surface area contributed by atoms with E-state index in [1.807, 2.05) is 6.07 Å². The molecule has 106 valence electrons. The molecule has 4 heteroatoms. The summed E-state index contributed by atoms with van der Waals surface area (Å²) in [7, 11) is 0. The van der Waals surface area contributed by atoms with E-state index in [4.69, 9.17) is 5.11 Å². The molecule has 1 aliphatic heterocycles. The standard InChI is InChI=1S/C16H20N2O2/c1-11-16(13-4-2-3-5-14(13)17-11)12-6-8-18(9-7-12)15(20)10-19/h2-5,12,17,19H,6-10H2,1H3. The smallest absolute Gasteiger partial charge is 0.248 e. The first-order chi connectivity index (χ1) is 9.70. The van der Waals surface area contributed by atoms with Gasteiger partial charge in [0.05, 0.1) is 0 Å². The number of carbonyl (C=O) groups excluding carboxylic acids is 1. The zero-order valence-corrected chi connectivity index (χ0v) is 11.7. The van der Waals surface area contributed by atoms with Crippen LogP contribution >= 0.6 is 0 Å². The number of carbonyl (C=O) groups is 1. The number of aromatic amines is 1. The van der Waals surface area contributed by atoms with Gasteiger partial charge < -0.3 is 15.0 Å². The number of H-pyrrole nitrogens is 1. The van der Waals surface area contributed by atoms with Crippen LogP contribution in [0.2, 0.25) is 0 Å². The van der Waals surface area contributed by atoms with Crippen molar-refractivity contribution in [3.8, 4) is 0 Å². The Balaban J connectivity index is 1.83. The van der Waals surface area contributed by atoms with Crippen molar-refractivity contribution in [2.24, 2.45) is 0 Å². The fourth-order valence-corrected chi connectivity index (χ4v) is 3.34. The molecule has 0 unspecified atom stereocenters. The van der Waals surface area contributed by atoms with Gasteiger partial charge in [-0.15, -0.1) is 0 Å². The topological polar surface area (TPSA) is 56.3 Å². The van der Waals surface area contributed by atoms with Gasteiger partial charge in [-0.3, -0.25) is 4.79 Å². The number of aliphatic hydroxyl groups is 1. The second-order valence-corrected chi connectivity index (χ2v) is 5.52. The second-order valence-electron chi connectivity index (χ2n) is 5.52. The van der Waals surface area contributed by atoms with Crippen molar-refractivity contribution in [2.45, 2.75) is 25.7 Å². The number of nitrogens with one attached hydrogen (secondary N) is 1. The minimum Gasteiger partial charge on any atom is -0.387 e. The van der Waals surface area contributed by atoms with E-state index in [0.717, 1.165) is 25.9 Å². The maximum Gasteiger partial charge on any atom is 0.248 e. The fraction of sp³-hybridized carbons (Fsp3) is 0.438. The maximum atomic E-state index is 11.5. The highest BCUT2D eigenvalue weighted by atomic mass is 16.3. The number of para-hydroxylation sites is 1. The lowest BCUT2D eigenvalue weighted by Crippen LogP contribution is -2.39. The summed E-state index contributed by atoms with van der Waals surface area (Å²) in [6.07, 6.45) is 1.93. The van der Waals surface area contributed by atoms with Crippen LogP contribution in [0.15, 0.2) is 24.3 Å². The monoisotopic (exact) mass is 272 g/mol. The number of nitrogens with zero attached hydrogens (tertiary/aromatic N) is 1. The van der Waals surface area contributed by atoms with Gasteiger partial charge in [0, 0.05) is 29.7 Å². The quantitative estimate of drug-likeness (QED) is 0.880. The first-order valence-electron chi connectivity index (χ1n) is 7.16. The van der Waals surface area contributed by atoms with Crippen LogP contribution in [0.5, 0.6) is 0 Å². The van der Waals surface area contributed by atoms with Crippen LogP contribution in [0.4, 0.5) is 0 Å². The number of hydrogen-bond acceptors (Lipinski definition) is 2. The van der Waals surface area contributed by atoms with Gasteiger partial charge in [-0.1, -0.05) is 18.2 Å². The lowest BCUT2D eigenvalue weighted by Gasteiger charge is -2.32. The van der Waals surface area contributed by atoms with Crippen LogP contribution in [-0.4, -0.2) is 40.6 Å². The number of rotatable bonds is 2. The van der Waals surface area contributed by atoms with Gasteiger partial charge in [-0.25, -0.2) is 0 Å². The molecule has 20 heavy (non-hydrogen) atoms. The molecule has 1 saturated heterocycles. The van der Waals surface area contributed by atoms with Crippen molar-refractivity contribution in [1.29, 1.82) is 0 Å². The maximum absolute atomic E-state index is 11.5. The number of likely N-dealkylation sites (tertiary alicyclic amines) is 1. The Morgan fingerprint density at radius 3 is 2.75 bits per heavy atom. The number of fused-ring (bicyclic) bond motifs is 1. The molecule has 2 heterocycles. The molecule has 3 rings (SSSR count). The zero-order valence-electron chi connectivity index (χ0n) is 11.7. The van der Waals surface area contributed by atoms with Crippen LogP contribution in [-0.2, 0) is 4.79 Å². The first-order valence-corrected chi connectivity index (χ1v) is 7.16. The van der Waals surface area contributed by atoms with E-state index in [9.17, 15) is 4.79 Å². The summed E-state index contributed by atoms with van der Waals surface area (Å²) < 4.78 is 0. The van der Waals surface area contributed by atoms with Crippen molar-refractivity contribution in [3.63, 3.8) is 0 Å². The lowest BCUT2D eigenvalue weighted by atomic mass is 9.87. The number of aryl methyl sites for hydroxylation is 1. The molecule has 0 spiro atoms. The van der Waals surface area contributed by atoms with Gasteiger partial charge in [-0.2, -0.15) is 0 Å². The average molecular weight is 272 g/mol. The van der Waals surface area contributed by atoms with Gasteiger partial charge in [0.15, 0.2) is 0 Å². The van der Waals surface area contributed by atoms with E-state index >= 15 is 0 Å². The van der Waals surface area contributed by atoms with Crippen molar-refractivity contribution in [1.82, 2.24) is 9.88 Å². The van der Waals surface area contributed by atoms with E-state index in [2.05, 4.69) is 30.1 Å². The SMILES string of the molecule is Cc1[nH]c2ccccc2c1C1CCN(C(=O)CO)CC1. The predicted octanol–water partition coefficient (Wildman–Crippen LogP) is 2.17. The van der Waals surface area contributed by atoms with Gasteiger partial charge in [0.2, 0.25) is 5.91 Å². The van der Waals surface area contributed by atoms with Gasteiger partial charge in [0.1, 0.15) is 6.61 Å². The fourth-order valence-electron chi connectivity index (χ4n) is 3.34. The predicted molar refractivity (Wildman–Crippen MR) is 78.7 cm³/mol. The van der Waals surface area contributed by atoms with E-state index in [1.54, 1.807) is 4.90 Å². The van der Waals surface area contributed by atoms with Crippen molar-refractivity contribution >= 4 is 16.8 Å². The van der Waals surface area contributed by atoms with E-state index < -0.39 is 0 Å². The van der Waals surface area contributed by atoms with Crippen LogP contribution in [0.25, 0.3) is 10.9 Å². The Hall–Kier alpha value is -1.81. The molecular formula is C16H20N2O2. The zero-order chi connectivity index (χ0) is 14.1. The van der Waals surface area contributed by atoms with Crippen molar-refractivity contribution in [2.75, 3.05) is 19.7 Å². The number of aliphatic hydroxyl groups excluding tert-OH is 1. The summed E-state index contributed by atoms with van der Waals surface area (Å²) >= 11 is 0. The van der Waals surface area contributed by atoms with Crippen LogP contribution in [0.3, 0.4) is 0 Å². The summed E-state index contributed by atoms with van der Waals surface area (Å²) in [6, 6.07) is 8.39. The largest absolute Gasteiger partial charge is 0.387 e. The molecule has 4 nitrogen and oxygen atoms in total. The van der Waals surface area contributed by atoms with Crippen LogP contribution in [0.1, 0.15) is 30.0 Å². The highest BCUT2D eigenvalue weighted by Gasteiger charge is 2.26. The molecule has 0 saturated carbocycles. The number of amides is 1. The summed E-state index contributed by atoms with van der Waals surface area (Å²) in [5.74, 6) is 0.341. The summed E-state index contributed by atoms with van der Waals surface area (Å²) in [6.45, 7) is 3.23. The molecule has 0 radical (unpaired) electrons. The summed E-state index contributed by atoms with van der Waals surface area (Å²) in [4.78, 5) is 16.7. The Labute approximate surface area is 118 Å². The van der Waals surface area contributed by atoms with Crippen molar-refractivity contribution in [3.05, 3.63) is 35.5 Å². The van der Waals surface area contributed by atoms with Crippen molar-refractivity contribution < 1.29 is 9.90 Å². The molecule has 1 aliphatic rings. The third-order valence-electron chi connectivity index (χ3n) is 4.33. The highest BCUT2D eigenvalue weighted by Crippen LogP contribution is 2.35. The average Bonchev–Trinajstić information content (AvgIpc) is 2.82. The third-order valence-corrected chi connectivity index (χ3v) is 4.33. The van der Waals surface area contributed by atoms with E-state index in [1.165, 1.54) is 22.2 Å². The Bertz CT molecular complexity index is 624. The van der Waals surface area contributed by atoms with Gasteiger partial charge >= 0.3 is 0 Å². The van der Waals surface area contributed by atoms with Crippen LogP contribution < -0.4 is 0 Å². The second kappa shape index (κ2) is 5.29. The number of hydrogen-bond donors (Lipinski definition) is 2. The molecule has 1 amide bonds. The number of benzene rings is 1. The molecule has 2 N–H and O–H groups in total. The Morgan fingerprint density at radius 2 is 2.05 bits per heavy atom. The first kappa shape index (κ1) is 13.2. The molecule has 0 aliphatic carbocycles. The molecular weight excluding hydrogens is 252 g/mol. The Kier molecular flexibility index (Phi) is 3.49. The molecule has 0 atom stereocenters. The minimum absolute atomic E-state index is 0.154. The van der Waals surface area contributed by atoms with E-state index in [-0.39, 0.29) is 12.5 Å². The van der Waals surface area contributed by atoms with Gasteiger partial charge in [-0.05, 0) is 37.3 Å². The normalized spacial score (nSPS) is 16.8. The molecule has 1 aromatic heterocycles. The van der Waals surface area contributed by atoms with Crippen LogP contribution in [0, 0.1) is 6.92 Å². The summed E-state index contributed by atoms with van der Waals surface area (Å²) in [5, 5.41) is 10.2. The number of aromatic nitrogens is 1. The molecule has 2 aromatic rings. The van der Waals surface area contributed by atoms with Gasteiger partial charge in [0.25, 0.3) is 0 Å². The third kappa shape index (κ3) is 2.20. The highest BCUT2D eigenvalue weighted by molar-refractivity contribution is 5.85. The lowest BCUT2D eigenvalue weighted by molar-refractivity contribution is -0.135. The Morgan fingerprint density at radius 1 is 1.35 bits per heavy atom. The molecule has 1 fully saturated rings. The minimum atomic E-state index is -0.378.